The van der Waals surface area contributed by atoms with Crippen LogP contribution in [0.2, 0.25) is 0 Å². The van der Waals surface area contributed by atoms with Gasteiger partial charge in [0.1, 0.15) is 0 Å². The van der Waals surface area contributed by atoms with Crippen molar-refractivity contribution in [3.63, 3.8) is 0 Å². The van der Waals surface area contributed by atoms with E-state index in [0.29, 0.717) is 0 Å². The van der Waals surface area contributed by atoms with Gasteiger partial charge in [0, 0.05) is 11.4 Å². The van der Waals surface area contributed by atoms with Crippen molar-refractivity contribution in [3.8, 4) is 0 Å². The van der Waals surface area contributed by atoms with E-state index in [9.17, 15) is 4.79 Å². The summed E-state index contributed by atoms with van der Waals surface area (Å²) in [6.45, 7) is 2.07. The van der Waals surface area contributed by atoms with Crippen LogP contribution in [0.5, 0.6) is 0 Å². The van der Waals surface area contributed by atoms with E-state index in [-0.39, 0.29) is 11.7 Å². The van der Waals surface area contributed by atoms with Crippen LogP contribution in [0.4, 0.5) is 0 Å². The number of imidazole rings is 1. The van der Waals surface area contributed by atoms with Crippen molar-refractivity contribution in [3.05, 3.63) is 40.9 Å². The Labute approximate surface area is 122 Å². The van der Waals surface area contributed by atoms with Crippen molar-refractivity contribution in [1.82, 2.24) is 19.4 Å². The summed E-state index contributed by atoms with van der Waals surface area (Å²) in [6, 6.07) is 8.20. The zero-order valence-electron chi connectivity index (χ0n) is 12.0. The normalized spacial score (nSPS) is 17.8. The van der Waals surface area contributed by atoms with E-state index in [1.807, 2.05) is 35.0 Å². The van der Waals surface area contributed by atoms with E-state index in [2.05, 4.69) is 21.9 Å². The number of nitrogens with zero attached hydrogens (tertiary/aromatic N) is 3. The minimum absolute atomic E-state index is 0.0160. The predicted molar refractivity (Wildman–Crippen MR) is 83.6 cm³/mol. The van der Waals surface area contributed by atoms with Crippen LogP contribution in [0, 0.1) is 0 Å². The lowest BCUT2D eigenvalue weighted by Gasteiger charge is -2.29. The molecule has 21 heavy (non-hydrogen) atoms. The number of para-hydroxylation sites is 1. The van der Waals surface area contributed by atoms with Gasteiger partial charge < -0.3 is 9.88 Å². The molecule has 0 atom stereocenters. The number of fused-ring (bicyclic) bond motifs is 3. The highest BCUT2D eigenvalue weighted by Crippen LogP contribution is 2.26. The number of hydrogen-bond acceptors (Lipinski definition) is 3. The molecule has 3 heterocycles. The number of hydrogen-bond donors (Lipinski definition) is 1. The molecule has 3 aromatic rings. The summed E-state index contributed by atoms with van der Waals surface area (Å²) in [7, 11) is 2.13. The third-order valence-corrected chi connectivity index (χ3v) is 4.52. The highest BCUT2D eigenvalue weighted by Gasteiger charge is 2.22. The van der Waals surface area contributed by atoms with Gasteiger partial charge in [-0.3, -0.25) is 9.55 Å². The topological polar surface area (TPSA) is 53.9 Å². The first-order chi connectivity index (χ1) is 10.2. The lowest BCUT2D eigenvalue weighted by atomic mass is 10.1. The third kappa shape index (κ3) is 1.96. The minimum Gasteiger partial charge on any atom is -0.306 e. The molecule has 1 saturated heterocycles. The smallest absolute Gasteiger partial charge is 0.306 e. The maximum Gasteiger partial charge on any atom is 0.326 e. The van der Waals surface area contributed by atoms with Gasteiger partial charge in [-0.25, -0.2) is 4.79 Å². The highest BCUT2D eigenvalue weighted by atomic mass is 16.1. The molecule has 108 valence electrons. The number of rotatable bonds is 1. The van der Waals surface area contributed by atoms with Gasteiger partial charge in [-0.1, -0.05) is 18.2 Å². The largest absolute Gasteiger partial charge is 0.326 e. The van der Waals surface area contributed by atoms with E-state index in [1.54, 1.807) is 0 Å². The molecule has 5 heteroatoms. The van der Waals surface area contributed by atoms with E-state index < -0.39 is 0 Å². The molecular weight excluding hydrogens is 264 g/mol. The number of H-pyrrole nitrogens is 1. The quantitative estimate of drug-likeness (QED) is 0.744. The summed E-state index contributed by atoms with van der Waals surface area (Å²) >= 11 is 0. The Morgan fingerprint density at radius 3 is 2.81 bits per heavy atom. The van der Waals surface area contributed by atoms with Gasteiger partial charge in [-0.05, 0) is 39.0 Å². The van der Waals surface area contributed by atoms with Crippen LogP contribution in [0.15, 0.2) is 35.3 Å². The van der Waals surface area contributed by atoms with Gasteiger partial charge in [0.2, 0.25) is 0 Å². The SMILES string of the molecule is CN1CCC(n2c(=O)[nH]c3c4ccccc4ncc32)CC1. The first-order valence-corrected chi connectivity index (χ1v) is 7.40. The Balaban J connectivity index is 1.92. The van der Waals surface area contributed by atoms with Gasteiger partial charge in [0.05, 0.1) is 22.7 Å². The molecule has 1 fully saturated rings. The van der Waals surface area contributed by atoms with Crippen LogP contribution >= 0.6 is 0 Å². The highest BCUT2D eigenvalue weighted by molar-refractivity contribution is 6.01. The van der Waals surface area contributed by atoms with Crippen LogP contribution < -0.4 is 5.69 Å². The van der Waals surface area contributed by atoms with Crippen LogP contribution in [-0.2, 0) is 0 Å². The molecule has 5 nitrogen and oxygen atoms in total. The zero-order valence-corrected chi connectivity index (χ0v) is 12.0. The monoisotopic (exact) mass is 282 g/mol. The fraction of sp³-hybridized carbons (Fsp3) is 0.375. The zero-order chi connectivity index (χ0) is 14.4. The average Bonchev–Trinajstić information content (AvgIpc) is 2.85. The molecule has 0 unspecified atom stereocenters. The Bertz CT molecular complexity index is 855. The van der Waals surface area contributed by atoms with Crippen LogP contribution in [0.1, 0.15) is 18.9 Å². The van der Waals surface area contributed by atoms with Crippen molar-refractivity contribution in [2.24, 2.45) is 0 Å². The Morgan fingerprint density at radius 2 is 2.00 bits per heavy atom. The number of aromatic nitrogens is 3. The lowest BCUT2D eigenvalue weighted by Crippen LogP contribution is -2.34. The standard InChI is InChI=1S/C16H18N4O/c1-19-8-6-11(7-9-19)20-14-10-17-13-5-3-2-4-12(13)15(14)18-16(20)21/h2-5,10-11H,6-9H2,1H3,(H,18,21). The average molecular weight is 282 g/mol. The van der Waals surface area contributed by atoms with Crippen LogP contribution in [0.3, 0.4) is 0 Å². The van der Waals surface area contributed by atoms with Crippen molar-refractivity contribution < 1.29 is 0 Å². The molecule has 0 radical (unpaired) electrons. The molecule has 4 rings (SSSR count). The first kappa shape index (κ1) is 12.6. The Morgan fingerprint density at radius 1 is 1.24 bits per heavy atom. The summed E-state index contributed by atoms with van der Waals surface area (Å²) in [4.78, 5) is 22.3. The summed E-state index contributed by atoms with van der Waals surface area (Å²) in [5.74, 6) is 0. The van der Waals surface area contributed by atoms with Gasteiger partial charge in [-0.2, -0.15) is 0 Å². The van der Waals surface area contributed by atoms with Crippen molar-refractivity contribution >= 4 is 21.9 Å². The number of aromatic amines is 1. The molecule has 0 aliphatic carbocycles. The van der Waals surface area contributed by atoms with Gasteiger partial charge in [0.15, 0.2) is 0 Å². The van der Waals surface area contributed by atoms with Gasteiger partial charge in [0.25, 0.3) is 0 Å². The maximum atomic E-state index is 12.4. The van der Waals surface area contributed by atoms with Crippen molar-refractivity contribution in [2.75, 3.05) is 20.1 Å². The molecule has 0 bridgehead atoms. The summed E-state index contributed by atoms with van der Waals surface area (Å²) in [6.07, 6.45) is 3.85. The second kappa shape index (κ2) is 4.70. The summed E-state index contributed by atoms with van der Waals surface area (Å²) in [5, 5.41) is 1.01. The molecule has 0 amide bonds. The molecule has 0 spiro atoms. The van der Waals surface area contributed by atoms with Crippen molar-refractivity contribution in [2.45, 2.75) is 18.9 Å². The molecule has 1 aliphatic heterocycles. The van der Waals surface area contributed by atoms with Gasteiger partial charge in [-0.15, -0.1) is 0 Å². The lowest BCUT2D eigenvalue weighted by molar-refractivity contribution is 0.221. The second-order valence-corrected chi connectivity index (χ2v) is 5.87. The Hall–Kier alpha value is -2.14. The van der Waals surface area contributed by atoms with Crippen LogP contribution in [0.25, 0.3) is 21.9 Å². The number of nitrogens with one attached hydrogen (secondary N) is 1. The van der Waals surface area contributed by atoms with Crippen LogP contribution in [-0.4, -0.2) is 39.6 Å². The van der Waals surface area contributed by atoms with E-state index >= 15 is 0 Å². The second-order valence-electron chi connectivity index (χ2n) is 5.87. The molecular formula is C16H18N4O. The summed E-state index contributed by atoms with van der Waals surface area (Å²) < 4.78 is 1.90. The fourth-order valence-electron chi connectivity index (χ4n) is 3.34. The Kier molecular flexibility index (Phi) is 2.82. The molecule has 2 aromatic heterocycles. The molecule has 0 saturated carbocycles. The molecule has 1 aromatic carbocycles. The third-order valence-electron chi connectivity index (χ3n) is 4.52. The van der Waals surface area contributed by atoms with Gasteiger partial charge >= 0.3 is 5.69 Å². The fourth-order valence-corrected chi connectivity index (χ4v) is 3.34. The number of likely N-dealkylation sites (tertiary alicyclic amines) is 1. The van der Waals surface area contributed by atoms with E-state index in [4.69, 9.17) is 0 Å². The number of pyridine rings is 1. The maximum absolute atomic E-state index is 12.4. The summed E-state index contributed by atoms with van der Waals surface area (Å²) in [5.41, 5.74) is 2.73. The van der Waals surface area contributed by atoms with E-state index in [1.165, 1.54) is 0 Å². The number of benzene rings is 1. The molecule has 1 N–H and O–H groups in total. The van der Waals surface area contributed by atoms with Crippen molar-refractivity contribution in [1.29, 1.82) is 0 Å². The molecule has 1 aliphatic rings. The predicted octanol–water partition coefficient (Wildman–Crippen LogP) is 2.14. The minimum atomic E-state index is -0.0160. The van der Waals surface area contributed by atoms with E-state index in [0.717, 1.165) is 47.9 Å². The number of piperidine rings is 1. The first-order valence-electron chi connectivity index (χ1n) is 7.40.